The zero-order valence-electron chi connectivity index (χ0n) is 18.7. The van der Waals surface area contributed by atoms with Crippen molar-refractivity contribution in [2.24, 2.45) is 0 Å². The minimum atomic E-state index is -0.440. The largest absolute Gasteiger partial charge is 0.353 e. The summed E-state index contributed by atoms with van der Waals surface area (Å²) in [7, 11) is 0. The second-order valence-electron chi connectivity index (χ2n) is 9.32. The molecular weight excluding hydrogens is 416 g/mol. The van der Waals surface area contributed by atoms with E-state index in [0.29, 0.717) is 43.3 Å². The summed E-state index contributed by atoms with van der Waals surface area (Å²) in [6.07, 6.45) is 4.89. The topological polar surface area (TPSA) is 90.5 Å². The maximum Gasteiger partial charge on any atom is 0.253 e. The van der Waals surface area contributed by atoms with E-state index in [4.69, 9.17) is 0 Å². The first-order chi connectivity index (χ1) is 16.0. The molecule has 0 unspecified atom stereocenters. The van der Waals surface area contributed by atoms with Crippen molar-refractivity contribution in [1.82, 2.24) is 20.9 Å². The average Bonchev–Trinajstić information content (AvgIpc) is 3.62. The number of carbonyl (C=O) groups excluding carboxylic acids is 3. The molecule has 2 saturated carbocycles. The van der Waals surface area contributed by atoms with Crippen LogP contribution in [0.15, 0.2) is 48.5 Å². The zero-order valence-corrected chi connectivity index (χ0v) is 18.7. The van der Waals surface area contributed by atoms with E-state index < -0.39 is 5.54 Å². The van der Waals surface area contributed by atoms with E-state index in [2.05, 4.69) is 16.0 Å². The average molecular weight is 447 g/mol. The molecule has 33 heavy (non-hydrogen) atoms. The number of carbonyl (C=O) groups is 3. The Morgan fingerprint density at radius 1 is 0.939 bits per heavy atom. The van der Waals surface area contributed by atoms with E-state index in [9.17, 15) is 14.4 Å². The van der Waals surface area contributed by atoms with Crippen LogP contribution in [0.2, 0.25) is 0 Å². The maximum absolute atomic E-state index is 13.1. The van der Waals surface area contributed by atoms with Crippen molar-refractivity contribution in [3.05, 3.63) is 59.7 Å². The van der Waals surface area contributed by atoms with Crippen LogP contribution in [0.5, 0.6) is 0 Å². The lowest BCUT2D eigenvalue weighted by Crippen LogP contribution is -2.61. The summed E-state index contributed by atoms with van der Waals surface area (Å²) in [4.78, 5) is 39.8. The summed E-state index contributed by atoms with van der Waals surface area (Å²) in [5, 5.41) is 9.39. The maximum atomic E-state index is 13.1. The molecule has 0 bridgehead atoms. The van der Waals surface area contributed by atoms with Crippen LogP contribution in [-0.4, -0.2) is 60.4 Å². The lowest BCUT2D eigenvalue weighted by Gasteiger charge is -2.40. The Morgan fingerprint density at radius 3 is 2.39 bits per heavy atom. The molecule has 1 spiro atoms. The van der Waals surface area contributed by atoms with Crippen molar-refractivity contribution < 1.29 is 14.4 Å². The van der Waals surface area contributed by atoms with Gasteiger partial charge < -0.3 is 20.9 Å². The standard InChI is InChI=1S/C26H30N4O3/c31-23(29-22-9-10-22)21-4-1-3-20(17-21)18-5-7-19(8-6-18)24(32)30-15-13-27-25(33)26(11-2-12-26)28-14-16-30/h1,3-8,17,22,28H,2,9-16H2,(H,27,33)(H,29,31). The van der Waals surface area contributed by atoms with Gasteiger partial charge in [-0.3, -0.25) is 14.4 Å². The van der Waals surface area contributed by atoms with Crippen molar-refractivity contribution in [2.45, 2.75) is 43.7 Å². The molecule has 2 aromatic rings. The molecule has 7 nitrogen and oxygen atoms in total. The van der Waals surface area contributed by atoms with Crippen LogP contribution in [0.1, 0.15) is 52.8 Å². The number of amides is 3. The van der Waals surface area contributed by atoms with Gasteiger partial charge >= 0.3 is 0 Å². The number of nitrogens with one attached hydrogen (secondary N) is 3. The molecule has 7 heteroatoms. The molecular formula is C26H30N4O3. The normalized spacial score (nSPS) is 20.1. The van der Waals surface area contributed by atoms with Gasteiger partial charge in [0.15, 0.2) is 0 Å². The molecule has 3 fully saturated rings. The molecule has 3 amide bonds. The van der Waals surface area contributed by atoms with Crippen molar-refractivity contribution in [3.8, 4) is 11.1 Å². The van der Waals surface area contributed by atoms with Crippen molar-refractivity contribution in [1.29, 1.82) is 0 Å². The highest BCUT2D eigenvalue weighted by atomic mass is 16.2. The van der Waals surface area contributed by atoms with Crippen LogP contribution >= 0.6 is 0 Å². The van der Waals surface area contributed by atoms with E-state index in [-0.39, 0.29) is 17.7 Å². The van der Waals surface area contributed by atoms with Crippen molar-refractivity contribution in [2.75, 3.05) is 26.2 Å². The highest BCUT2D eigenvalue weighted by Gasteiger charge is 2.43. The molecule has 0 radical (unpaired) electrons. The van der Waals surface area contributed by atoms with Gasteiger partial charge in [0.25, 0.3) is 11.8 Å². The lowest BCUT2D eigenvalue weighted by molar-refractivity contribution is -0.130. The molecule has 0 atom stereocenters. The van der Waals surface area contributed by atoms with Gasteiger partial charge in [0.05, 0.1) is 5.54 Å². The van der Waals surface area contributed by atoms with E-state index >= 15 is 0 Å². The van der Waals surface area contributed by atoms with Crippen LogP contribution in [-0.2, 0) is 4.79 Å². The van der Waals surface area contributed by atoms with Crippen molar-refractivity contribution in [3.63, 3.8) is 0 Å². The summed E-state index contributed by atoms with van der Waals surface area (Å²) >= 11 is 0. The molecule has 3 N–H and O–H groups in total. The number of rotatable bonds is 4. The summed E-state index contributed by atoms with van der Waals surface area (Å²) in [5.74, 6) is -0.0244. The molecule has 2 aliphatic carbocycles. The third kappa shape index (κ3) is 4.64. The highest BCUT2D eigenvalue weighted by molar-refractivity contribution is 5.96. The molecule has 1 saturated heterocycles. The van der Waals surface area contributed by atoms with Gasteiger partial charge in [-0.2, -0.15) is 0 Å². The Morgan fingerprint density at radius 2 is 1.70 bits per heavy atom. The van der Waals surface area contributed by atoms with Gasteiger partial charge in [0.2, 0.25) is 5.91 Å². The monoisotopic (exact) mass is 446 g/mol. The van der Waals surface area contributed by atoms with E-state index in [0.717, 1.165) is 43.2 Å². The van der Waals surface area contributed by atoms with Crippen LogP contribution < -0.4 is 16.0 Å². The number of hydrogen-bond acceptors (Lipinski definition) is 4. The number of nitrogens with zero attached hydrogens (tertiary/aromatic N) is 1. The Hall–Kier alpha value is -3.19. The van der Waals surface area contributed by atoms with E-state index in [1.807, 2.05) is 48.5 Å². The molecule has 172 valence electrons. The van der Waals surface area contributed by atoms with Gasteiger partial charge in [-0.05, 0) is 67.5 Å². The smallest absolute Gasteiger partial charge is 0.253 e. The first kappa shape index (κ1) is 21.6. The second kappa shape index (κ2) is 8.98. The Balaban J connectivity index is 1.25. The molecule has 3 aliphatic rings. The van der Waals surface area contributed by atoms with Crippen molar-refractivity contribution >= 4 is 17.7 Å². The Labute approximate surface area is 193 Å². The van der Waals surface area contributed by atoms with Gasteiger partial charge in [-0.15, -0.1) is 0 Å². The van der Waals surface area contributed by atoms with Crippen LogP contribution in [0, 0.1) is 0 Å². The molecule has 5 rings (SSSR count). The molecule has 0 aromatic heterocycles. The van der Waals surface area contributed by atoms with Crippen LogP contribution in [0.25, 0.3) is 11.1 Å². The minimum absolute atomic E-state index is 0.0384. The quantitative estimate of drug-likeness (QED) is 0.672. The first-order valence-electron chi connectivity index (χ1n) is 11.9. The van der Waals surface area contributed by atoms with Crippen LogP contribution in [0.4, 0.5) is 0 Å². The molecule has 2 aromatic carbocycles. The predicted octanol–water partition coefficient (Wildman–Crippen LogP) is 2.33. The molecule has 1 heterocycles. The predicted molar refractivity (Wildman–Crippen MR) is 126 cm³/mol. The SMILES string of the molecule is O=C(NC1CC1)c1cccc(-c2ccc(C(=O)N3CCNC(=O)C4(CCC4)NCC3)cc2)c1. The summed E-state index contributed by atoms with van der Waals surface area (Å²) < 4.78 is 0. The third-order valence-electron chi connectivity index (χ3n) is 6.94. The second-order valence-corrected chi connectivity index (χ2v) is 9.32. The summed E-state index contributed by atoms with van der Waals surface area (Å²) in [6.45, 7) is 2.12. The van der Waals surface area contributed by atoms with Gasteiger partial charge in [0.1, 0.15) is 0 Å². The van der Waals surface area contributed by atoms with E-state index in [1.54, 1.807) is 4.90 Å². The third-order valence-corrected chi connectivity index (χ3v) is 6.94. The number of benzene rings is 2. The summed E-state index contributed by atoms with van der Waals surface area (Å²) in [6, 6.07) is 15.4. The van der Waals surface area contributed by atoms with Gasteiger partial charge in [0, 0.05) is 43.3 Å². The first-order valence-corrected chi connectivity index (χ1v) is 11.9. The van der Waals surface area contributed by atoms with Gasteiger partial charge in [-0.1, -0.05) is 24.3 Å². The summed E-state index contributed by atoms with van der Waals surface area (Å²) in [5.41, 5.74) is 2.72. The lowest BCUT2D eigenvalue weighted by atomic mass is 9.76. The van der Waals surface area contributed by atoms with E-state index in [1.165, 1.54) is 0 Å². The fraction of sp³-hybridized carbons (Fsp3) is 0.423. The zero-order chi connectivity index (χ0) is 22.8. The molecule has 1 aliphatic heterocycles. The fourth-order valence-electron chi connectivity index (χ4n) is 4.56. The van der Waals surface area contributed by atoms with Crippen LogP contribution in [0.3, 0.4) is 0 Å². The Kier molecular flexibility index (Phi) is 5.89. The van der Waals surface area contributed by atoms with Gasteiger partial charge in [-0.25, -0.2) is 0 Å². The number of hydrogen-bond donors (Lipinski definition) is 3. The Bertz CT molecular complexity index is 1060. The minimum Gasteiger partial charge on any atom is -0.353 e. The fourth-order valence-corrected chi connectivity index (χ4v) is 4.56. The highest BCUT2D eigenvalue weighted by Crippen LogP contribution is 2.32.